The molecule has 3 saturated heterocycles. The monoisotopic (exact) mass is 670 g/mol. The van der Waals surface area contributed by atoms with E-state index in [1.54, 1.807) is 6.92 Å². The van der Waals surface area contributed by atoms with E-state index in [1.165, 1.54) is 30.5 Å². The van der Waals surface area contributed by atoms with Gasteiger partial charge in [0.15, 0.2) is 5.82 Å². The minimum Gasteiger partial charge on any atom is -0.508 e. The van der Waals surface area contributed by atoms with E-state index in [1.807, 2.05) is 4.90 Å². The van der Waals surface area contributed by atoms with Crippen LogP contribution in [0.25, 0.3) is 32.9 Å². The summed E-state index contributed by atoms with van der Waals surface area (Å²) < 4.78 is 79.2. The number of pyridine rings is 1. The number of fused-ring (bicyclic) bond motifs is 3. The van der Waals surface area contributed by atoms with Crippen LogP contribution in [0.4, 0.5) is 19.0 Å². The maximum Gasteiger partial charge on any atom is 0.319 e. The minimum absolute atomic E-state index is 0.0882. The van der Waals surface area contributed by atoms with Gasteiger partial charge in [-0.2, -0.15) is 9.97 Å². The molecule has 2 N–H and O–H groups in total. The molecule has 2 aromatic carbocycles. The van der Waals surface area contributed by atoms with E-state index in [4.69, 9.17) is 9.72 Å². The third-order valence-corrected chi connectivity index (χ3v) is 10.5. The minimum atomic E-state index is -3.47. The van der Waals surface area contributed by atoms with Gasteiger partial charge in [0.1, 0.15) is 41.4 Å². The Kier molecular flexibility index (Phi) is 8.16. The van der Waals surface area contributed by atoms with Crippen LogP contribution in [0.5, 0.6) is 11.8 Å². The van der Waals surface area contributed by atoms with Crippen LogP contribution in [0.15, 0.2) is 30.5 Å². The molecule has 0 amide bonds. The number of rotatable bonds is 8. The zero-order valence-electron chi connectivity index (χ0n) is 26.3. The highest BCUT2D eigenvalue weighted by Gasteiger charge is 2.49. The van der Waals surface area contributed by atoms with E-state index >= 15 is 4.39 Å². The highest BCUT2D eigenvalue weighted by atomic mass is 32.2. The highest BCUT2D eigenvalue weighted by molar-refractivity contribution is 7.88. The third-order valence-electron chi connectivity index (χ3n) is 9.74. The number of piperidine rings is 1. The Bertz CT molecular complexity index is 1980. The number of hydrogen-bond donors (Lipinski definition) is 2. The second kappa shape index (κ2) is 12.0. The average molecular weight is 671 g/mol. The van der Waals surface area contributed by atoms with Crippen molar-refractivity contribution in [2.45, 2.75) is 63.2 Å². The Balaban J connectivity index is 1.36. The first-order valence-electron chi connectivity index (χ1n) is 16.0. The Labute approximate surface area is 271 Å². The maximum absolute atomic E-state index is 16.8. The van der Waals surface area contributed by atoms with Crippen molar-refractivity contribution in [3.63, 3.8) is 0 Å². The van der Waals surface area contributed by atoms with E-state index < -0.39 is 39.4 Å². The number of phenolic OH excluding ortho intramolecular Hbond substituents is 1. The highest BCUT2D eigenvalue weighted by Crippen LogP contribution is 2.42. The van der Waals surface area contributed by atoms with Gasteiger partial charge >= 0.3 is 6.01 Å². The second-order valence-electron chi connectivity index (χ2n) is 13.0. The van der Waals surface area contributed by atoms with Gasteiger partial charge in [0.05, 0.1) is 17.2 Å². The lowest BCUT2D eigenvalue weighted by atomic mass is 9.94. The Hall–Kier alpha value is -3.75. The summed E-state index contributed by atoms with van der Waals surface area (Å²) in [5.41, 5.74) is -0.117. The number of hydrogen-bond acceptors (Lipinski definition) is 9. The molecule has 2 aromatic heterocycles. The molecule has 0 bridgehead atoms. The Morgan fingerprint density at radius 2 is 1.98 bits per heavy atom. The normalized spacial score (nSPS) is 23.6. The smallest absolute Gasteiger partial charge is 0.319 e. The summed E-state index contributed by atoms with van der Waals surface area (Å²) in [6.07, 6.45) is 5.22. The maximum atomic E-state index is 16.8. The topological polar surface area (TPSA) is 121 Å². The number of benzene rings is 2. The van der Waals surface area contributed by atoms with E-state index in [2.05, 4.69) is 19.6 Å². The molecule has 0 radical (unpaired) electrons. The largest absolute Gasteiger partial charge is 0.508 e. The molecule has 4 aromatic rings. The van der Waals surface area contributed by atoms with Gasteiger partial charge in [-0.15, -0.1) is 0 Å². The van der Waals surface area contributed by atoms with Crippen LogP contribution >= 0.6 is 0 Å². The van der Waals surface area contributed by atoms with Gasteiger partial charge in [-0.3, -0.25) is 9.88 Å². The molecule has 0 spiro atoms. The fourth-order valence-electron chi connectivity index (χ4n) is 7.76. The number of ether oxygens (including phenoxy) is 1. The van der Waals surface area contributed by atoms with E-state index in [0.29, 0.717) is 60.9 Å². The summed E-state index contributed by atoms with van der Waals surface area (Å²) in [7, 11) is -3.47. The zero-order chi connectivity index (χ0) is 33.1. The summed E-state index contributed by atoms with van der Waals surface area (Å²) in [5.74, 6) is -1.05. The quantitative estimate of drug-likeness (QED) is 0.271. The zero-order valence-corrected chi connectivity index (χ0v) is 27.1. The Morgan fingerprint density at radius 3 is 2.77 bits per heavy atom. The fourth-order valence-corrected chi connectivity index (χ4v) is 8.56. The van der Waals surface area contributed by atoms with Gasteiger partial charge in [0.2, 0.25) is 10.0 Å². The molecule has 3 aliphatic heterocycles. The molecule has 14 heteroatoms. The van der Waals surface area contributed by atoms with Crippen molar-refractivity contribution < 1.29 is 31.4 Å². The molecular formula is C33H37F3N6O4S. The fraction of sp³-hybridized carbons (Fsp3) is 0.485. The SMILES string of the molecule is CCc1c(F)ccc2cc(O)cc(-c3ncc4c(N5CCCC(NS(C)(=O)=O)C5)nc(OCC56CCCN5C[C@H](F)C6)nc4c3F)c12. The molecule has 7 rings (SSSR count). The first-order chi connectivity index (χ1) is 22.4. The van der Waals surface area contributed by atoms with E-state index in [9.17, 15) is 22.3 Å². The summed E-state index contributed by atoms with van der Waals surface area (Å²) in [6.45, 7) is 3.85. The molecule has 3 atom stereocenters. The number of aryl methyl sites for hydroxylation is 1. The average Bonchev–Trinajstić information content (AvgIpc) is 3.55. The standard InChI is InChI=1S/C33H37F3N6O4S/c1-3-23-26(35)8-7-19-12-22(43)13-24(27(19)23)29-28(36)30-25(15-37-29)31(41-10-4-6-21(17-41)40-47(2,44)45)39-32(38-30)46-18-33-9-5-11-42(33)16-20(34)14-33/h7-8,12-13,15,20-21,40,43H,3-6,9-11,14,16-18H2,1-2H3/t20-,21?,33?/m1/s1. The lowest BCUT2D eigenvalue weighted by Gasteiger charge is -2.34. The number of anilines is 1. The van der Waals surface area contributed by atoms with Gasteiger partial charge in [-0.25, -0.2) is 26.3 Å². The van der Waals surface area contributed by atoms with E-state index in [0.717, 1.165) is 25.6 Å². The molecule has 3 fully saturated rings. The van der Waals surface area contributed by atoms with Crippen LogP contribution in [0.2, 0.25) is 0 Å². The molecule has 5 heterocycles. The first kappa shape index (κ1) is 31.8. The summed E-state index contributed by atoms with van der Waals surface area (Å²) in [5, 5.41) is 11.8. The number of alkyl halides is 1. The number of aromatic nitrogens is 3. The molecule has 3 aliphatic rings. The van der Waals surface area contributed by atoms with Gasteiger partial charge < -0.3 is 14.7 Å². The van der Waals surface area contributed by atoms with Crippen LogP contribution < -0.4 is 14.4 Å². The van der Waals surface area contributed by atoms with Crippen molar-refractivity contribution in [3.05, 3.63) is 47.7 Å². The third kappa shape index (κ3) is 5.95. The molecule has 2 unspecified atom stereocenters. The second-order valence-corrected chi connectivity index (χ2v) is 14.8. The Morgan fingerprint density at radius 1 is 1.15 bits per heavy atom. The predicted octanol–water partition coefficient (Wildman–Crippen LogP) is 4.86. The van der Waals surface area contributed by atoms with Crippen molar-refractivity contribution in [1.82, 2.24) is 24.6 Å². The van der Waals surface area contributed by atoms with Crippen molar-refractivity contribution in [3.8, 4) is 23.0 Å². The van der Waals surface area contributed by atoms with E-state index in [-0.39, 0.29) is 47.1 Å². The van der Waals surface area contributed by atoms with Gasteiger partial charge in [0, 0.05) is 43.9 Å². The summed E-state index contributed by atoms with van der Waals surface area (Å²) >= 11 is 0. The van der Waals surface area contributed by atoms with Gasteiger partial charge in [-0.05, 0) is 73.2 Å². The van der Waals surface area contributed by atoms with Crippen molar-refractivity contribution in [1.29, 1.82) is 0 Å². The van der Waals surface area contributed by atoms with Crippen LogP contribution in [0, 0.1) is 11.6 Å². The molecule has 0 saturated carbocycles. The van der Waals surface area contributed by atoms with Crippen molar-refractivity contribution >= 4 is 37.5 Å². The number of aromatic hydroxyl groups is 1. The number of sulfonamides is 1. The molecule has 47 heavy (non-hydrogen) atoms. The number of nitrogens with zero attached hydrogens (tertiary/aromatic N) is 5. The lowest BCUT2D eigenvalue weighted by Crippen LogP contribution is -2.47. The van der Waals surface area contributed by atoms with Crippen LogP contribution in [-0.2, 0) is 16.4 Å². The molecule has 250 valence electrons. The summed E-state index contributed by atoms with van der Waals surface area (Å²) in [6, 6.07) is 5.24. The van der Waals surface area contributed by atoms with Gasteiger partial charge in [-0.1, -0.05) is 13.0 Å². The number of nitrogens with one attached hydrogen (secondary N) is 1. The summed E-state index contributed by atoms with van der Waals surface area (Å²) in [4.78, 5) is 17.7. The lowest BCUT2D eigenvalue weighted by molar-refractivity contribution is 0.107. The first-order valence-corrected chi connectivity index (χ1v) is 17.9. The number of halogens is 3. The number of phenols is 1. The van der Waals surface area contributed by atoms with Crippen LogP contribution in [-0.4, -0.2) is 90.2 Å². The van der Waals surface area contributed by atoms with Crippen LogP contribution in [0.1, 0.15) is 44.6 Å². The molecule has 0 aliphatic carbocycles. The molecule has 10 nitrogen and oxygen atoms in total. The van der Waals surface area contributed by atoms with Crippen LogP contribution in [0.3, 0.4) is 0 Å². The molecular weight excluding hydrogens is 633 g/mol. The van der Waals surface area contributed by atoms with Crippen molar-refractivity contribution in [2.24, 2.45) is 0 Å². The van der Waals surface area contributed by atoms with Gasteiger partial charge in [0.25, 0.3) is 0 Å². The predicted molar refractivity (Wildman–Crippen MR) is 173 cm³/mol. The van der Waals surface area contributed by atoms with Crippen molar-refractivity contribution in [2.75, 3.05) is 43.9 Å².